The Balaban J connectivity index is 2.63. The Labute approximate surface area is 79.0 Å². The van der Waals surface area contributed by atoms with E-state index in [9.17, 15) is 8.76 Å². The molecule has 1 aromatic rings. The van der Waals surface area contributed by atoms with Crippen LogP contribution in [-0.2, 0) is 11.1 Å². The second kappa shape index (κ2) is 4.84. The minimum atomic E-state index is -2.15. The summed E-state index contributed by atoms with van der Waals surface area (Å²) < 4.78 is 20.2. The van der Waals surface area contributed by atoms with Crippen LogP contribution < -0.4 is 0 Å². The van der Waals surface area contributed by atoms with Gasteiger partial charge in [-0.25, -0.2) is 0 Å². The van der Waals surface area contributed by atoms with Gasteiger partial charge in [0.05, 0.1) is 5.69 Å². The fraction of sp³-hybridized carbons (Fsp3) is 0.250. The molecule has 0 spiro atoms. The van der Waals surface area contributed by atoms with E-state index in [1.54, 1.807) is 6.07 Å². The van der Waals surface area contributed by atoms with Gasteiger partial charge in [-0.3, -0.25) is 4.21 Å². The largest absolute Gasteiger partial charge is 0.771 e. The summed E-state index contributed by atoms with van der Waals surface area (Å²) in [5, 5.41) is 7.23. The van der Waals surface area contributed by atoms with E-state index in [1.165, 1.54) is 0 Å². The van der Waals surface area contributed by atoms with Crippen molar-refractivity contribution in [3.8, 4) is 0 Å². The summed E-state index contributed by atoms with van der Waals surface area (Å²) in [6.07, 6.45) is 0. The highest BCUT2D eigenvalue weighted by Crippen LogP contribution is 2.13. The van der Waals surface area contributed by atoms with Crippen LogP contribution in [0.4, 0.5) is 5.69 Å². The van der Waals surface area contributed by atoms with Gasteiger partial charge in [-0.15, -0.1) is 0 Å². The molecule has 0 aliphatic rings. The predicted molar refractivity (Wildman–Crippen MR) is 49.5 cm³/mol. The lowest BCUT2D eigenvalue weighted by atomic mass is 10.2. The first-order valence-corrected chi connectivity index (χ1v) is 4.93. The highest BCUT2D eigenvalue weighted by Gasteiger charge is 1.88. The molecule has 0 N–H and O–H groups in total. The molecule has 0 aliphatic heterocycles. The Morgan fingerprint density at radius 3 is 2.92 bits per heavy atom. The van der Waals surface area contributed by atoms with Crippen LogP contribution in [-0.4, -0.2) is 14.6 Å². The van der Waals surface area contributed by atoms with Gasteiger partial charge in [-0.2, -0.15) is 10.2 Å². The van der Waals surface area contributed by atoms with Gasteiger partial charge in [-0.1, -0.05) is 12.1 Å². The number of benzene rings is 1. The molecule has 0 fully saturated rings. The summed E-state index contributed by atoms with van der Waals surface area (Å²) in [7, 11) is 0. The van der Waals surface area contributed by atoms with Gasteiger partial charge in [0.25, 0.3) is 0 Å². The van der Waals surface area contributed by atoms with Gasteiger partial charge in [0.15, 0.2) is 0 Å². The molecular formula is C8H9N2O2S-. The van der Waals surface area contributed by atoms with E-state index in [0.717, 1.165) is 5.56 Å². The van der Waals surface area contributed by atoms with Crippen LogP contribution in [0.2, 0.25) is 0 Å². The molecule has 5 heteroatoms. The first-order valence-electron chi connectivity index (χ1n) is 3.68. The van der Waals surface area contributed by atoms with Crippen molar-refractivity contribution in [2.45, 2.75) is 6.92 Å². The predicted octanol–water partition coefficient (Wildman–Crippen LogP) is 1.92. The van der Waals surface area contributed by atoms with E-state index in [0.29, 0.717) is 5.69 Å². The molecule has 4 nitrogen and oxygen atoms in total. The first-order chi connectivity index (χ1) is 6.18. The zero-order valence-electron chi connectivity index (χ0n) is 7.14. The van der Waals surface area contributed by atoms with Gasteiger partial charge in [0.1, 0.15) is 5.88 Å². The second-order valence-electron chi connectivity index (χ2n) is 2.51. The molecule has 1 aromatic carbocycles. The van der Waals surface area contributed by atoms with Gasteiger partial charge >= 0.3 is 0 Å². The van der Waals surface area contributed by atoms with Crippen molar-refractivity contribution < 1.29 is 8.76 Å². The summed E-state index contributed by atoms with van der Waals surface area (Å²) in [6.45, 7) is 1.94. The van der Waals surface area contributed by atoms with Crippen LogP contribution in [0.3, 0.4) is 0 Å². The molecule has 0 bridgehead atoms. The van der Waals surface area contributed by atoms with E-state index >= 15 is 0 Å². The molecule has 0 saturated carbocycles. The molecule has 0 amide bonds. The minimum absolute atomic E-state index is 0.284. The van der Waals surface area contributed by atoms with Crippen molar-refractivity contribution in [3.63, 3.8) is 0 Å². The molecule has 0 aromatic heterocycles. The van der Waals surface area contributed by atoms with E-state index in [1.807, 2.05) is 25.1 Å². The molecule has 0 heterocycles. The number of aryl methyl sites for hydroxylation is 1. The molecule has 1 rings (SSSR count). The van der Waals surface area contributed by atoms with Crippen LogP contribution >= 0.6 is 0 Å². The number of hydrogen-bond acceptors (Lipinski definition) is 4. The lowest BCUT2D eigenvalue weighted by Crippen LogP contribution is -1.88. The molecule has 0 radical (unpaired) electrons. The third kappa shape index (κ3) is 3.91. The quantitative estimate of drug-likeness (QED) is 0.548. The van der Waals surface area contributed by atoms with Crippen LogP contribution in [0.5, 0.6) is 0 Å². The lowest BCUT2D eigenvalue weighted by Gasteiger charge is -1.97. The maximum absolute atomic E-state index is 10.1. The van der Waals surface area contributed by atoms with Crippen LogP contribution in [0.15, 0.2) is 34.5 Å². The normalized spacial score (nSPS) is 13.4. The summed E-state index contributed by atoms with van der Waals surface area (Å²) in [5.41, 5.74) is 1.74. The van der Waals surface area contributed by atoms with Gasteiger partial charge < -0.3 is 4.55 Å². The van der Waals surface area contributed by atoms with Crippen LogP contribution in [0, 0.1) is 6.92 Å². The highest BCUT2D eigenvalue weighted by atomic mass is 32.2. The molecule has 0 saturated heterocycles. The van der Waals surface area contributed by atoms with E-state index in [-0.39, 0.29) is 5.88 Å². The standard InChI is InChI=1S/C8H10N2O2S/c1-7-3-2-4-8(5-7)10-9-6-13(11)12/h2-5H,6H2,1H3,(H,11,12)/p-1. The number of hydrogen-bond donors (Lipinski definition) is 0. The van der Waals surface area contributed by atoms with E-state index < -0.39 is 11.1 Å². The maximum Gasteiger partial charge on any atom is 0.122 e. The van der Waals surface area contributed by atoms with E-state index in [2.05, 4.69) is 10.2 Å². The summed E-state index contributed by atoms with van der Waals surface area (Å²) in [6, 6.07) is 7.38. The second-order valence-corrected chi connectivity index (χ2v) is 3.38. The lowest BCUT2D eigenvalue weighted by molar-refractivity contribution is 0.536. The summed E-state index contributed by atoms with van der Waals surface area (Å²) in [5.74, 6) is -0.284. The third-order valence-electron chi connectivity index (χ3n) is 1.35. The average Bonchev–Trinajstić information content (AvgIpc) is 2.03. The van der Waals surface area contributed by atoms with Gasteiger partial charge in [-0.05, 0) is 35.7 Å². The Morgan fingerprint density at radius 2 is 2.31 bits per heavy atom. The van der Waals surface area contributed by atoms with Crippen molar-refractivity contribution in [3.05, 3.63) is 29.8 Å². The summed E-state index contributed by atoms with van der Waals surface area (Å²) >= 11 is -2.15. The zero-order valence-corrected chi connectivity index (χ0v) is 7.95. The fourth-order valence-electron chi connectivity index (χ4n) is 0.848. The maximum atomic E-state index is 10.1. The van der Waals surface area contributed by atoms with Crippen LogP contribution in [0.1, 0.15) is 5.56 Å². The van der Waals surface area contributed by atoms with Crippen molar-refractivity contribution in [2.24, 2.45) is 10.2 Å². The first kappa shape index (κ1) is 10.0. The zero-order chi connectivity index (χ0) is 9.68. The van der Waals surface area contributed by atoms with Gasteiger partial charge in [0, 0.05) is 0 Å². The average molecular weight is 197 g/mol. The van der Waals surface area contributed by atoms with E-state index in [4.69, 9.17) is 0 Å². The molecule has 1 unspecified atom stereocenters. The van der Waals surface area contributed by atoms with Crippen molar-refractivity contribution in [1.29, 1.82) is 0 Å². The number of azo groups is 1. The van der Waals surface area contributed by atoms with Crippen LogP contribution in [0.25, 0.3) is 0 Å². The molecular weight excluding hydrogens is 188 g/mol. The topological polar surface area (TPSA) is 64.8 Å². The monoisotopic (exact) mass is 197 g/mol. The number of nitrogens with zero attached hydrogens (tertiary/aromatic N) is 2. The third-order valence-corrected chi connectivity index (χ3v) is 1.68. The Hall–Kier alpha value is -1.07. The molecule has 1 atom stereocenters. The Bertz CT molecular complexity index is 339. The number of rotatable bonds is 3. The Kier molecular flexibility index (Phi) is 3.72. The van der Waals surface area contributed by atoms with Gasteiger partial charge in [0.2, 0.25) is 0 Å². The minimum Gasteiger partial charge on any atom is -0.771 e. The Morgan fingerprint density at radius 1 is 1.54 bits per heavy atom. The van der Waals surface area contributed by atoms with Crippen molar-refractivity contribution >= 4 is 16.8 Å². The highest BCUT2D eigenvalue weighted by molar-refractivity contribution is 7.79. The van der Waals surface area contributed by atoms with Crippen molar-refractivity contribution in [2.75, 3.05) is 5.88 Å². The molecule has 0 aliphatic carbocycles. The smallest absolute Gasteiger partial charge is 0.122 e. The SMILES string of the molecule is Cc1cccc(N=NCS(=O)[O-])c1. The summed E-state index contributed by atoms with van der Waals surface area (Å²) in [4.78, 5) is 0. The fourth-order valence-corrected chi connectivity index (χ4v) is 1.000. The molecule has 70 valence electrons. The van der Waals surface area contributed by atoms with Crippen molar-refractivity contribution in [1.82, 2.24) is 0 Å². The molecule has 13 heavy (non-hydrogen) atoms.